The van der Waals surface area contributed by atoms with Gasteiger partial charge in [0.25, 0.3) is 0 Å². The quantitative estimate of drug-likeness (QED) is 0.774. The van der Waals surface area contributed by atoms with E-state index in [0.717, 1.165) is 56.6 Å². The van der Waals surface area contributed by atoms with Crippen LogP contribution in [0.2, 0.25) is 0 Å². The number of hydrogen-bond donors (Lipinski definition) is 1. The highest BCUT2D eigenvalue weighted by Gasteiger charge is 2.10. The zero-order valence-corrected chi connectivity index (χ0v) is 10.0. The van der Waals surface area contributed by atoms with Crippen LogP contribution < -0.4 is 5.32 Å². The molecule has 1 aromatic rings. The molecule has 0 bridgehead atoms. The Morgan fingerprint density at radius 2 is 1.69 bits per heavy atom. The number of hydrogen-bond acceptors (Lipinski definition) is 5. The topological polar surface area (TPSA) is 53.9 Å². The van der Waals surface area contributed by atoms with Crippen molar-refractivity contribution in [1.82, 2.24) is 25.2 Å². The van der Waals surface area contributed by atoms with Crippen LogP contribution in [0.5, 0.6) is 0 Å². The molecule has 5 nitrogen and oxygen atoms in total. The predicted octanol–water partition coefficient (Wildman–Crippen LogP) is -0.0639. The molecule has 2 heterocycles. The van der Waals surface area contributed by atoms with Gasteiger partial charge >= 0.3 is 0 Å². The SMILES string of the molecule is Cc1nc(C)nc(CCN2CCNCC2)n1. The maximum Gasteiger partial charge on any atom is 0.133 e. The van der Waals surface area contributed by atoms with Gasteiger partial charge in [-0.15, -0.1) is 0 Å². The molecule has 0 saturated carbocycles. The number of piperazine rings is 1. The van der Waals surface area contributed by atoms with Crippen LogP contribution in [0.15, 0.2) is 0 Å². The Morgan fingerprint density at radius 1 is 1.06 bits per heavy atom. The standard InChI is InChI=1S/C11H19N5/c1-9-13-10(2)15-11(14-9)3-6-16-7-4-12-5-8-16/h12H,3-8H2,1-2H3. The van der Waals surface area contributed by atoms with Crippen molar-refractivity contribution in [1.29, 1.82) is 0 Å². The number of aryl methyl sites for hydroxylation is 2. The molecule has 0 amide bonds. The first kappa shape index (κ1) is 11.4. The zero-order chi connectivity index (χ0) is 11.4. The lowest BCUT2D eigenvalue weighted by Crippen LogP contribution is -2.44. The Bertz CT molecular complexity index is 326. The van der Waals surface area contributed by atoms with E-state index in [1.807, 2.05) is 13.8 Å². The summed E-state index contributed by atoms with van der Waals surface area (Å²) in [5, 5.41) is 3.35. The van der Waals surface area contributed by atoms with Crippen LogP contribution >= 0.6 is 0 Å². The third kappa shape index (κ3) is 3.21. The van der Waals surface area contributed by atoms with Gasteiger partial charge < -0.3 is 10.2 Å². The van der Waals surface area contributed by atoms with E-state index >= 15 is 0 Å². The maximum absolute atomic E-state index is 4.35. The van der Waals surface area contributed by atoms with E-state index < -0.39 is 0 Å². The van der Waals surface area contributed by atoms with E-state index in [2.05, 4.69) is 25.2 Å². The molecule has 0 aliphatic carbocycles. The van der Waals surface area contributed by atoms with Crippen LogP contribution in [0, 0.1) is 13.8 Å². The number of nitrogens with zero attached hydrogens (tertiary/aromatic N) is 4. The lowest BCUT2D eigenvalue weighted by atomic mass is 10.3. The lowest BCUT2D eigenvalue weighted by molar-refractivity contribution is 0.242. The summed E-state index contributed by atoms with van der Waals surface area (Å²) in [6.45, 7) is 9.33. The van der Waals surface area contributed by atoms with Crippen molar-refractivity contribution in [2.75, 3.05) is 32.7 Å². The van der Waals surface area contributed by atoms with Crippen molar-refractivity contribution in [3.63, 3.8) is 0 Å². The average molecular weight is 221 g/mol. The monoisotopic (exact) mass is 221 g/mol. The zero-order valence-electron chi connectivity index (χ0n) is 10.0. The Hall–Kier alpha value is -1.07. The summed E-state index contributed by atoms with van der Waals surface area (Å²) < 4.78 is 0. The fourth-order valence-corrected chi connectivity index (χ4v) is 1.99. The van der Waals surface area contributed by atoms with E-state index in [-0.39, 0.29) is 0 Å². The van der Waals surface area contributed by atoms with Gasteiger partial charge in [0.05, 0.1) is 0 Å². The average Bonchev–Trinajstić information content (AvgIpc) is 2.27. The first-order valence-corrected chi connectivity index (χ1v) is 5.85. The summed E-state index contributed by atoms with van der Waals surface area (Å²) in [4.78, 5) is 15.3. The maximum atomic E-state index is 4.35. The number of nitrogens with one attached hydrogen (secondary N) is 1. The molecule has 0 unspecified atom stereocenters. The van der Waals surface area contributed by atoms with Gasteiger partial charge in [-0.05, 0) is 13.8 Å². The third-order valence-corrected chi connectivity index (χ3v) is 2.77. The second-order valence-corrected chi connectivity index (χ2v) is 4.19. The second kappa shape index (κ2) is 5.32. The molecular weight excluding hydrogens is 202 g/mol. The normalized spacial score (nSPS) is 17.6. The Labute approximate surface area is 96.3 Å². The molecule has 1 aliphatic rings. The molecular formula is C11H19N5. The Morgan fingerprint density at radius 3 is 2.31 bits per heavy atom. The molecule has 0 radical (unpaired) electrons. The highest BCUT2D eigenvalue weighted by molar-refractivity contribution is 4.95. The minimum atomic E-state index is 0.822. The van der Waals surface area contributed by atoms with Gasteiger partial charge in [-0.2, -0.15) is 0 Å². The van der Waals surface area contributed by atoms with Gasteiger partial charge in [0.2, 0.25) is 0 Å². The third-order valence-electron chi connectivity index (χ3n) is 2.77. The van der Waals surface area contributed by atoms with Gasteiger partial charge in [0, 0.05) is 39.1 Å². The van der Waals surface area contributed by atoms with Crippen LogP contribution in [-0.2, 0) is 6.42 Å². The van der Waals surface area contributed by atoms with Crippen LogP contribution in [0.3, 0.4) is 0 Å². The molecule has 88 valence electrons. The lowest BCUT2D eigenvalue weighted by Gasteiger charge is -2.26. The van der Waals surface area contributed by atoms with E-state index in [4.69, 9.17) is 0 Å². The molecule has 1 aliphatic heterocycles. The van der Waals surface area contributed by atoms with Crippen LogP contribution in [0.4, 0.5) is 0 Å². The molecule has 5 heteroatoms. The molecule has 0 aromatic carbocycles. The summed E-state index contributed by atoms with van der Waals surface area (Å²) >= 11 is 0. The van der Waals surface area contributed by atoms with Crippen molar-refractivity contribution in [2.45, 2.75) is 20.3 Å². The fourth-order valence-electron chi connectivity index (χ4n) is 1.99. The van der Waals surface area contributed by atoms with Crippen molar-refractivity contribution in [3.05, 3.63) is 17.5 Å². The minimum Gasteiger partial charge on any atom is -0.314 e. The van der Waals surface area contributed by atoms with E-state index in [9.17, 15) is 0 Å². The molecule has 1 fully saturated rings. The van der Waals surface area contributed by atoms with E-state index in [1.165, 1.54) is 0 Å². The highest BCUT2D eigenvalue weighted by atomic mass is 15.2. The Kier molecular flexibility index (Phi) is 3.79. The molecule has 1 aromatic heterocycles. The van der Waals surface area contributed by atoms with E-state index in [1.54, 1.807) is 0 Å². The molecule has 0 atom stereocenters. The van der Waals surface area contributed by atoms with Crippen LogP contribution in [0.25, 0.3) is 0 Å². The summed E-state index contributed by atoms with van der Waals surface area (Å²) in [7, 11) is 0. The van der Waals surface area contributed by atoms with Crippen LogP contribution in [0.1, 0.15) is 17.5 Å². The molecule has 1 saturated heterocycles. The second-order valence-electron chi connectivity index (χ2n) is 4.19. The number of aromatic nitrogens is 3. The summed E-state index contributed by atoms with van der Waals surface area (Å²) in [6.07, 6.45) is 0.921. The summed E-state index contributed by atoms with van der Waals surface area (Å²) in [5.74, 6) is 2.56. The fraction of sp³-hybridized carbons (Fsp3) is 0.727. The molecule has 16 heavy (non-hydrogen) atoms. The van der Waals surface area contributed by atoms with Crippen molar-refractivity contribution in [3.8, 4) is 0 Å². The first-order valence-electron chi connectivity index (χ1n) is 5.85. The first-order chi connectivity index (χ1) is 7.74. The van der Waals surface area contributed by atoms with Gasteiger partial charge in [0.1, 0.15) is 17.5 Å². The van der Waals surface area contributed by atoms with Gasteiger partial charge in [0.15, 0.2) is 0 Å². The summed E-state index contributed by atoms with van der Waals surface area (Å²) in [5.41, 5.74) is 0. The molecule has 0 spiro atoms. The highest BCUT2D eigenvalue weighted by Crippen LogP contribution is 1.99. The minimum absolute atomic E-state index is 0.822. The van der Waals surface area contributed by atoms with Gasteiger partial charge in [-0.1, -0.05) is 0 Å². The van der Waals surface area contributed by atoms with Crippen molar-refractivity contribution < 1.29 is 0 Å². The van der Waals surface area contributed by atoms with Gasteiger partial charge in [-0.3, -0.25) is 0 Å². The molecule has 1 N–H and O–H groups in total. The van der Waals surface area contributed by atoms with E-state index in [0.29, 0.717) is 0 Å². The molecule has 2 rings (SSSR count). The van der Waals surface area contributed by atoms with Crippen molar-refractivity contribution >= 4 is 0 Å². The number of rotatable bonds is 3. The van der Waals surface area contributed by atoms with Crippen LogP contribution in [-0.4, -0.2) is 52.6 Å². The Balaban J connectivity index is 1.88. The predicted molar refractivity (Wildman–Crippen MR) is 62.3 cm³/mol. The van der Waals surface area contributed by atoms with Crippen molar-refractivity contribution in [2.24, 2.45) is 0 Å². The smallest absolute Gasteiger partial charge is 0.133 e. The summed E-state index contributed by atoms with van der Waals surface area (Å²) in [6, 6.07) is 0. The largest absolute Gasteiger partial charge is 0.314 e. The van der Waals surface area contributed by atoms with Gasteiger partial charge in [-0.25, -0.2) is 15.0 Å².